The summed E-state index contributed by atoms with van der Waals surface area (Å²) in [5.74, 6) is 0.0200. The molecule has 0 spiro atoms. The molecule has 2 heterocycles. The van der Waals surface area contributed by atoms with Gasteiger partial charge in [0.1, 0.15) is 0 Å². The highest BCUT2D eigenvalue weighted by molar-refractivity contribution is 7.14. The summed E-state index contributed by atoms with van der Waals surface area (Å²) in [5.41, 5.74) is 2.39. The summed E-state index contributed by atoms with van der Waals surface area (Å²) in [7, 11) is 0. The van der Waals surface area contributed by atoms with Crippen molar-refractivity contribution in [2.45, 2.75) is 33.2 Å². The van der Waals surface area contributed by atoms with Crippen molar-refractivity contribution in [3.05, 3.63) is 45.4 Å². The van der Waals surface area contributed by atoms with Crippen molar-refractivity contribution < 1.29 is 4.79 Å². The van der Waals surface area contributed by atoms with Crippen LogP contribution in [0, 0.1) is 6.92 Å². The lowest BCUT2D eigenvalue weighted by molar-refractivity contribution is 0.0955. The molecule has 0 saturated heterocycles. The lowest BCUT2D eigenvalue weighted by Crippen LogP contribution is -2.21. The molecule has 0 aliphatic rings. The van der Waals surface area contributed by atoms with Gasteiger partial charge >= 0.3 is 0 Å². The molecule has 0 bridgehead atoms. The summed E-state index contributed by atoms with van der Waals surface area (Å²) in [6, 6.07) is 3.98. The number of aromatic amines is 1. The molecule has 2 aromatic rings. The number of hydrogen-bond donors (Lipinski definition) is 2. The van der Waals surface area contributed by atoms with Gasteiger partial charge in [0.15, 0.2) is 0 Å². The van der Waals surface area contributed by atoms with Gasteiger partial charge in [-0.05, 0) is 36.6 Å². The van der Waals surface area contributed by atoms with Gasteiger partial charge in [-0.1, -0.05) is 13.3 Å². The van der Waals surface area contributed by atoms with E-state index in [9.17, 15) is 4.79 Å². The van der Waals surface area contributed by atoms with Crippen LogP contribution in [-0.2, 0) is 13.0 Å². The lowest BCUT2D eigenvalue weighted by Gasteiger charge is -2.00. The number of aromatic nitrogens is 1. The molecule has 3 nitrogen and oxygen atoms in total. The summed E-state index contributed by atoms with van der Waals surface area (Å²) in [6.07, 6.45) is 5.91. The third kappa shape index (κ3) is 3.01. The van der Waals surface area contributed by atoms with Gasteiger partial charge in [-0.15, -0.1) is 11.3 Å². The molecular weight excluding hydrogens is 244 g/mol. The van der Waals surface area contributed by atoms with Crippen molar-refractivity contribution in [2.24, 2.45) is 0 Å². The molecular formula is C14H18N2OS. The van der Waals surface area contributed by atoms with Gasteiger partial charge in [-0.2, -0.15) is 0 Å². The van der Waals surface area contributed by atoms with E-state index in [1.807, 2.05) is 24.5 Å². The van der Waals surface area contributed by atoms with E-state index in [2.05, 4.69) is 24.1 Å². The molecule has 0 unspecified atom stereocenters. The average Bonchev–Trinajstić information content (AvgIpc) is 2.97. The molecule has 4 heteroatoms. The van der Waals surface area contributed by atoms with Crippen LogP contribution in [0.15, 0.2) is 24.5 Å². The molecule has 0 atom stereocenters. The maximum atomic E-state index is 12.0. The Morgan fingerprint density at radius 3 is 3.00 bits per heavy atom. The van der Waals surface area contributed by atoms with Crippen LogP contribution in [0.5, 0.6) is 0 Å². The Kier molecular flexibility index (Phi) is 4.20. The normalized spacial score (nSPS) is 10.6. The van der Waals surface area contributed by atoms with E-state index in [1.54, 1.807) is 11.3 Å². The van der Waals surface area contributed by atoms with Crippen LogP contribution >= 0.6 is 11.3 Å². The van der Waals surface area contributed by atoms with Crippen LogP contribution in [0.3, 0.4) is 0 Å². The zero-order valence-corrected chi connectivity index (χ0v) is 11.6. The highest BCUT2D eigenvalue weighted by atomic mass is 32.1. The van der Waals surface area contributed by atoms with E-state index in [4.69, 9.17) is 0 Å². The molecule has 0 aliphatic carbocycles. The van der Waals surface area contributed by atoms with Crippen molar-refractivity contribution >= 4 is 17.2 Å². The Morgan fingerprint density at radius 1 is 1.50 bits per heavy atom. The van der Waals surface area contributed by atoms with E-state index in [0.29, 0.717) is 6.54 Å². The van der Waals surface area contributed by atoms with E-state index in [0.717, 1.165) is 23.3 Å². The summed E-state index contributed by atoms with van der Waals surface area (Å²) < 4.78 is 0. The molecule has 2 N–H and O–H groups in total. The molecule has 2 rings (SSSR count). The summed E-state index contributed by atoms with van der Waals surface area (Å²) >= 11 is 1.58. The fourth-order valence-electron chi connectivity index (χ4n) is 1.89. The minimum absolute atomic E-state index is 0.0200. The smallest absolute Gasteiger partial charge is 0.261 e. The van der Waals surface area contributed by atoms with Crippen LogP contribution in [0.4, 0.5) is 0 Å². The number of nitrogens with one attached hydrogen (secondary N) is 2. The second-order valence-corrected chi connectivity index (χ2v) is 5.60. The number of aryl methyl sites for hydroxylation is 2. The largest absolute Gasteiger partial charge is 0.367 e. The van der Waals surface area contributed by atoms with Gasteiger partial charge in [0.25, 0.3) is 5.91 Å². The first-order valence-corrected chi connectivity index (χ1v) is 7.01. The summed E-state index contributed by atoms with van der Waals surface area (Å²) in [6.45, 7) is 4.81. The number of thiophene rings is 1. The van der Waals surface area contributed by atoms with Crippen molar-refractivity contribution in [1.29, 1.82) is 0 Å². The minimum atomic E-state index is 0.0200. The predicted octanol–water partition coefficient (Wildman–Crippen LogP) is 3.27. The van der Waals surface area contributed by atoms with Crippen LogP contribution in [0.25, 0.3) is 0 Å². The molecule has 0 radical (unpaired) electrons. The zero-order chi connectivity index (χ0) is 13.0. The third-order valence-corrected chi connectivity index (χ3v) is 3.97. The molecule has 18 heavy (non-hydrogen) atoms. The van der Waals surface area contributed by atoms with E-state index >= 15 is 0 Å². The number of rotatable bonds is 5. The average molecular weight is 262 g/mol. The van der Waals surface area contributed by atoms with Crippen LogP contribution in [0.1, 0.15) is 39.0 Å². The fourth-order valence-corrected chi connectivity index (χ4v) is 2.88. The molecule has 0 aliphatic heterocycles. The van der Waals surface area contributed by atoms with E-state index in [-0.39, 0.29) is 5.91 Å². The Balaban J connectivity index is 1.98. The zero-order valence-electron chi connectivity index (χ0n) is 10.7. The van der Waals surface area contributed by atoms with Crippen LogP contribution in [-0.4, -0.2) is 10.9 Å². The Labute approximate surface area is 111 Å². The van der Waals surface area contributed by atoms with Gasteiger partial charge in [0.2, 0.25) is 0 Å². The number of carbonyl (C=O) groups excluding carboxylic acids is 1. The molecule has 0 aromatic carbocycles. The number of carbonyl (C=O) groups is 1. The monoisotopic (exact) mass is 262 g/mol. The van der Waals surface area contributed by atoms with Gasteiger partial charge < -0.3 is 10.3 Å². The maximum absolute atomic E-state index is 12.0. The Morgan fingerprint density at radius 2 is 2.33 bits per heavy atom. The van der Waals surface area contributed by atoms with Gasteiger partial charge in [-0.3, -0.25) is 4.79 Å². The van der Waals surface area contributed by atoms with Crippen molar-refractivity contribution in [2.75, 3.05) is 0 Å². The maximum Gasteiger partial charge on any atom is 0.261 e. The highest BCUT2D eigenvalue weighted by Crippen LogP contribution is 2.22. The van der Waals surface area contributed by atoms with E-state index in [1.165, 1.54) is 10.4 Å². The number of H-pyrrole nitrogens is 1. The quantitative estimate of drug-likeness (QED) is 0.853. The number of amides is 1. The second-order valence-electron chi connectivity index (χ2n) is 4.34. The van der Waals surface area contributed by atoms with Crippen molar-refractivity contribution in [1.82, 2.24) is 10.3 Å². The number of hydrogen-bond acceptors (Lipinski definition) is 2. The first-order chi connectivity index (χ1) is 8.70. The lowest BCUT2D eigenvalue weighted by atomic mass is 10.1. The highest BCUT2D eigenvalue weighted by Gasteiger charge is 2.11. The third-order valence-electron chi connectivity index (χ3n) is 2.88. The molecule has 0 saturated carbocycles. The van der Waals surface area contributed by atoms with E-state index < -0.39 is 0 Å². The molecule has 1 amide bonds. The first kappa shape index (κ1) is 12.9. The Bertz CT molecular complexity index is 514. The Hall–Kier alpha value is -1.55. The fraction of sp³-hybridized carbons (Fsp3) is 0.357. The van der Waals surface area contributed by atoms with Gasteiger partial charge in [0.05, 0.1) is 4.88 Å². The minimum Gasteiger partial charge on any atom is -0.367 e. The molecule has 2 aromatic heterocycles. The predicted molar refractivity (Wildman–Crippen MR) is 75.0 cm³/mol. The first-order valence-electron chi connectivity index (χ1n) is 6.20. The van der Waals surface area contributed by atoms with Crippen molar-refractivity contribution in [3.63, 3.8) is 0 Å². The van der Waals surface area contributed by atoms with Crippen LogP contribution in [0.2, 0.25) is 0 Å². The topological polar surface area (TPSA) is 44.9 Å². The standard InChI is InChI=1S/C14H18N2OS/c1-3-4-12-7-13(18-10(12)2)14(17)16-9-11-5-6-15-8-11/h5-8,15H,3-4,9H2,1-2H3,(H,16,17). The van der Waals surface area contributed by atoms with Gasteiger partial charge in [-0.25, -0.2) is 0 Å². The molecule has 96 valence electrons. The van der Waals surface area contributed by atoms with Crippen molar-refractivity contribution in [3.8, 4) is 0 Å². The molecule has 0 fully saturated rings. The summed E-state index contributed by atoms with van der Waals surface area (Å²) in [5, 5.41) is 2.94. The van der Waals surface area contributed by atoms with Gasteiger partial charge in [0, 0.05) is 23.8 Å². The second kappa shape index (κ2) is 5.87. The van der Waals surface area contributed by atoms with Crippen LogP contribution < -0.4 is 5.32 Å². The SMILES string of the molecule is CCCc1cc(C(=O)NCc2cc[nH]c2)sc1C. The summed E-state index contributed by atoms with van der Waals surface area (Å²) in [4.78, 5) is 17.0.